The van der Waals surface area contributed by atoms with Crippen molar-refractivity contribution in [3.63, 3.8) is 0 Å². The lowest BCUT2D eigenvalue weighted by molar-refractivity contribution is -0.141. The summed E-state index contributed by atoms with van der Waals surface area (Å²) in [6.07, 6.45) is 1.57. The zero-order chi connectivity index (χ0) is 12.1. The Kier molecular flexibility index (Phi) is 4.36. The summed E-state index contributed by atoms with van der Waals surface area (Å²) in [5, 5.41) is 13.3. The van der Waals surface area contributed by atoms with Gasteiger partial charge in [0.15, 0.2) is 0 Å². The molecule has 0 aliphatic carbocycles. The maximum absolute atomic E-state index is 11.5. The number of carboxylic acids is 1. The van der Waals surface area contributed by atoms with Crippen LogP contribution in [0.3, 0.4) is 0 Å². The molecule has 0 aromatic carbocycles. The molecule has 0 spiro atoms. The van der Waals surface area contributed by atoms with Crippen LogP contribution in [0.2, 0.25) is 0 Å². The molecule has 3 N–H and O–H groups in total. The Morgan fingerprint density at radius 1 is 1.75 bits per heavy atom. The monoisotopic (exact) mass is 244 g/mol. The fraction of sp³-hybridized carbons (Fsp3) is 0.444. The van der Waals surface area contributed by atoms with Crippen LogP contribution < -0.4 is 10.6 Å². The van der Waals surface area contributed by atoms with Gasteiger partial charge < -0.3 is 15.7 Å². The van der Waals surface area contributed by atoms with Crippen LogP contribution in [0, 0.1) is 0 Å². The molecule has 1 fully saturated rings. The highest BCUT2D eigenvalue weighted by Crippen LogP contribution is 2.13. The van der Waals surface area contributed by atoms with Crippen LogP contribution in [-0.4, -0.2) is 40.1 Å². The van der Waals surface area contributed by atoms with E-state index in [4.69, 9.17) is 5.11 Å². The number of carbonyl (C=O) groups is 3. The summed E-state index contributed by atoms with van der Waals surface area (Å²) in [6.45, 7) is 3.41. The quantitative estimate of drug-likeness (QED) is 0.590. The second kappa shape index (κ2) is 5.55. The zero-order valence-electron chi connectivity index (χ0n) is 8.43. The zero-order valence-corrected chi connectivity index (χ0v) is 9.25. The van der Waals surface area contributed by atoms with Crippen LogP contribution in [0.1, 0.15) is 6.42 Å². The fourth-order valence-electron chi connectivity index (χ4n) is 1.19. The Morgan fingerprint density at radius 3 is 2.88 bits per heavy atom. The molecular formula is C9H12N2O4S. The Labute approximate surface area is 96.5 Å². The van der Waals surface area contributed by atoms with Crippen molar-refractivity contribution in [1.82, 2.24) is 10.6 Å². The number of hydrogen-bond donors (Lipinski definition) is 3. The van der Waals surface area contributed by atoms with Gasteiger partial charge in [0.2, 0.25) is 5.91 Å². The van der Waals surface area contributed by atoms with Crippen molar-refractivity contribution >= 4 is 28.9 Å². The summed E-state index contributed by atoms with van der Waals surface area (Å²) in [7, 11) is 0. The van der Waals surface area contributed by atoms with Crippen LogP contribution in [0.5, 0.6) is 0 Å². The van der Waals surface area contributed by atoms with E-state index in [0.29, 0.717) is 5.75 Å². The highest BCUT2D eigenvalue weighted by atomic mass is 32.2. The molecule has 1 rings (SSSR count). The van der Waals surface area contributed by atoms with Crippen molar-refractivity contribution in [3.05, 3.63) is 12.7 Å². The first-order chi connectivity index (χ1) is 7.54. The highest BCUT2D eigenvalue weighted by molar-refractivity contribution is 8.14. The van der Waals surface area contributed by atoms with E-state index in [9.17, 15) is 14.4 Å². The van der Waals surface area contributed by atoms with Gasteiger partial charge in [-0.3, -0.25) is 9.59 Å². The second-order valence-electron chi connectivity index (χ2n) is 3.22. The first-order valence-corrected chi connectivity index (χ1v) is 5.60. The maximum atomic E-state index is 11.5. The van der Waals surface area contributed by atoms with Gasteiger partial charge in [0.05, 0.1) is 0 Å². The molecule has 1 heterocycles. The fourth-order valence-corrected chi connectivity index (χ4v) is 1.96. The first-order valence-electron chi connectivity index (χ1n) is 4.62. The van der Waals surface area contributed by atoms with E-state index in [1.165, 1.54) is 6.08 Å². The molecule has 6 nitrogen and oxygen atoms in total. The number of rotatable bonds is 5. The van der Waals surface area contributed by atoms with E-state index in [1.807, 2.05) is 0 Å². The van der Waals surface area contributed by atoms with E-state index in [2.05, 4.69) is 17.2 Å². The smallest absolute Gasteiger partial charge is 0.326 e. The molecule has 1 aliphatic heterocycles. The number of aliphatic carboxylic acids is 1. The molecule has 1 aliphatic rings. The number of thioether (sulfide) groups is 1. The third-order valence-electron chi connectivity index (χ3n) is 2.01. The van der Waals surface area contributed by atoms with Crippen molar-refractivity contribution in [1.29, 1.82) is 0 Å². The van der Waals surface area contributed by atoms with Gasteiger partial charge in [0, 0.05) is 5.75 Å². The molecule has 0 aromatic rings. The number of carboxylic acid groups (broad SMARTS) is 1. The van der Waals surface area contributed by atoms with Crippen LogP contribution in [0.15, 0.2) is 12.7 Å². The lowest BCUT2D eigenvalue weighted by Gasteiger charge is -2.15. The van der Waals surface area contributed by atoms with Gasteiger partial charge in [-0.15, -0.1) is 6.58 Å². The van der Waals surface area contributed by atoms with E-state index >= 15 is 0 Å². The summed E-state index contributed by atoms with van der Waals surface area (Å²) in [4.78, 5) is 33.1. The molecular weight excluding hydrogens is 232 g/mol. The normalized spacial score (nSPS) is 21.0. The summed E-state index contributed by atoms with van der Waals surface area (Å²) in [5.74, 6) is -1.27. The second-order valence-corrected chi connectivity index (χ2v) is 4.21. The molecule has 2 atom stereocenters. The van der Waals surface area contributed by atoms with Crippen LogP contribution >= 0.6 is 11.8 Å². The third-order valence-corrected chi connectivity index (χ3v) is 2.89. The Hall–Kier alpha value is -1.50. The minimum absolute atomic E-state index is 0.148. The van der Waals surface area contributed by atoms with Gasteiger partial charge in [-0.05, 0) is 6.42 Å². The van der Waals surface area contributed by atoms with Crippen LogP contribution in [0.25, 0.3) is 0 Å². The van der Waals surface area contributed by atoms with Crippen molar-refractivity contribution in [2.24, 2.45) is 0 Å². The number of amides is 2. The Bertz CT molecular complexity index is 331. The minimum Gasteiger partial charge on any atom is -0.480 e. The van der Waals surface area contributed by atoms with Crippen molar-refractivity contribution in [2.45, 2.75) is 18.5 Å². The molecule has 16 heavy (non-hydrogen) atoms. The van der Waals surface area contributed by atoms with Gasteiger partial charge in [0.25, 0.3) is 5.24 Å². The SMILES string of the molecule is C=CCC(NC(=O)C1CSC(=O)N1)C(=O)O. The third kappa shape index (κ3) is 3.27. The van der Waals surface area contributed by atoms with Crippen molar-refractivity contribution in [2.75, 3.05) is 5.75 Å². The number of nitrogens with one attached hydrogen (secondary N) is 2. The molecule has 1 saturated heterocycles. The minimum atomic E-state index is -1.12. The van der Waals surface area contributed by atoms with Gasteiger partial charge in [0.1, 0.15) is 12.1 Å². The number of hydrogen-bond acceptors (Lipinski definition) is 4. The molecule has 2 unspecified atom stereocenters. The van der Waals surface area contributed by atoms with E-state index in [-0.39, 0.29) is 11.7 Å². The van der Waals surface area contributed by atoms with Crippen molar-refractivity contribution < 1.29 is 19.5 Å². The molecule has 88 valence electrons. The molecule has 0 radical (unpaired) electrons. The summed E-state index contributed by atoms with van der Waals surface area (Å²) >= 11 is 1.00. The molecule has 0 bridgehead atoms. The summed E-state index contributed by atoms with van der Waals surface area (Å²) in [6, 6.07) is -1.64. The van der Waals surface area contributed by atoms with Gasteiger partial charge in [-0.1, -0.05) is 17.8 Å². The lowest BCUT2D eigenvalue weighted by Crippen LogP contribution is -2.49. The summed E-state index contributed by atoms with van der Waals surface area (Å²) in [5.41, 5.74) is 0. The van der Waals surface area contributed by atoms with E-state index in [1.54, 1.807) is 0 Å². The van der Waals surface area contributed by atoms with Crippen LogP contribution in [-0.2, 0) is 9.59 Å². The average Bonchev–Trinajstić information content (AvgIpc) is 2.64. The van der Waals surface area contributed by atoms with Gasteiger partial charge in [-0.25, -0.2) is 4.79 Å². The predicted molar refractivity (Wildman–Crippen MR) is 59.2 cm³/mol. The molecule has 0 aromatic heterocycles. The lowest BCUT2D eigenvalue weighted by atomic mass is 10.2. The largest absolute Gasteiger partial charge is 0.480 e. The average molecular weight is 244 g/mol. The molecule has 0 saturated carbocycles. The molecule has 2 amide bonds. The Morgan fingerprint density at radius 2 is 2.44 bits per heavy atom. The van der Waals surface area contributed by atoms with Crippen LogP contribution in [0.4, 0.5) is 4.79 Å². The topological polar surface area (TPSA) is 95.5 Å². The van der Waals surface area contributed by atoms with Gasteiger partial charge >= 0.3 is 5.97 Å². The summed E-state index contributed by atoms with van der Waals surface area (Å²) < 4.78 is 0. The molecule has 7 heteroatoms. The maximum Gasteiger partial charge on any atom is 0.326 e. The van der Waals surface area contributed by atoms with E-state index < -0.39 is 24.0 Å². The Balaban J connectivity index is 2.51. The predicted octanol–water partition coefficient (Wildman–Crippen LogP) is -0.0431. The van der Waals surface area contributed by atoms with Gasteiger partial charge in [-0.2, -0.15) is 0 Å². The van der Waals surface area contributed by atoms with E-state index in [0.717, 1.165) is 11.8 Å². The van der Waals surface area contributed by atoms with Crippen molar-refractivity contribution in [3.8, 4) is 0 Å². The highest BCUT2D eigenvalue weighted by Gasteiger charge is 2.30. The standard InChI is InChI=1S/C9H12N2O4S/c1-2-3-5(8(13)14)10-7(12)6-4-16-9(15)11-6/h2,5-6H,1,3-4H2,(H,10,12)(H,11,15)(H,13,14). The number of carbonyl (C=O) groups excluding carboxylic acids is 2. The first kappa shape index (κ1) is 12.6.